The van der Waals surface area contributed by atoms with Gasteiger partial charge in [0.25, 0.3) is 5.91 Å². The molecule has 0 bridgehead atoms. The van der Waals surface area contributed by atoms with Gasteiger partial charge in [0.1, 0.15) is 5.75 Å². The van der Waals surface area contributed by atoms with Gasteiger partial charge in [-0.3, -0.25) is 4.79 Å². The Balaban J connectivity index is 0.00000242. The fourth-order valence-electron chi connectivity index (χ4n) is 2.46. The molecule has 5 nitrogen and oxygen atoms in total. The molecule has 0 aliphatic heterocycles. The minimum atomic E-state index is -0.247. The van der Waals surface area contributed by atoms with Crippen LogP contribution in [0.25, 0.3) is 0 Å². The summed E-state index contributed by atoms with van der Waals surface area (Å²) in [6.07, 6.45) is 5.06. The average Bonchev–Trinajstić information content (AvgIpc) is 2.99. The highest BCUT2D eigenvalue weighted by molar-refractivity contribution is 6.33. The van der Waals surface area contributed by atoms with Gasteiger partial charge in [0.2, 0.25) is 0 Å². The minimum Gasteiger partial charge on any atom is -0.496 e. The Morgan fingerprint density at radius 3 is 2.73 bits per heavy atom. The van der Waals surface area contributed by atoms with Crippen LogP contribution in [0.2, 0.25) is 5.02 Å². The van der Waals surface area contributed by atoms with Crippen LogP contribution < -0.4 is 15.8 Å². The Labute approximate surface area is 141 Å². The van der Waals surface area contributed by atoms with Crippen molar-refractivity contribution in [1.82, 2.24) is 5.32 Å². The molecule has 1 amide bonds. The number of nitrogens with two attached hydrogens (primary N) is 1. The van der Waals surface area contributed by atoms with Crippen molar-refractivity contribution in [1.29, 1.82) is 0 Å². The van der Waals surface area contributed by atoms with Crippen molar-refractivity contribution in [3.63, 3.8) is 0 Å². The summed E-state index contributed by atoms with van der Waals surface area (Å²) in [5.41, 5.74) is 6.45. The van der Waals surface area contributed by atoms with Crippen LogP contribution in [0, 0.1) is 0 Å². The number of hydrogen-bond donors (Lipinski definition) is 2. The van der Waals surface area contributed by atoms with Crippen molar-refractivity contribution in [3.8, 4) is 5.75 Å². The number of carbonyl (C=O) groups excluding carboxylic acids is 1. The summed E-state index contributed by atoms with van der Waals surface area (Å²) in [5.74, 6) is 0.162. The normalized spacial score (nSPS) is 14.5. The van der Waals surface area contributed by atoms with Crippen LogP contribution in [0.3, 0.4) is 0 Å². The number of nitrogens with one attached hydrogen (secondary N) is 1. The number of halogens is 2. The molecule has 1 aromatic carbocycles. The SMILES string of the molecule is COc1cc(N)c(Cl)cc1C(=O)NCCOC1CCCC1.Cl. The number of ether oxygens (including phenoxy) is 2. The maximum atomic E-state index is 12.1. The van der Waals surface area contributed by atoms with Crippen LogP contribution in [-0.2, 0) is 4.74 Å². The van der Waals surface area contributed by atoms with E-state index in [1.54, 1.807) is 6.07 Å². The summed E-state index contributed by atoms with van der Waals surface area (Å²) in [4.78, 5) is 12.1. The van der Waals surface area contributed by atoms with Crippen molar-refractivity contribution in [2.75, 3.05) is 26.0 Å². The first kappa shape index (κ1) is 18.9. The van der Waals surface area contributed by atoms with Gasteiger partial charge in [0, 0.05) is 12.6 Å². The lowest BCUT2D eigenvalue weighted by Crippen LogP contribution is -2.28. The summed E-state index contributed by atoms with van der Waals surface area (Å²) < 4.78 is 10.9. The third-order valence-corrected chi connectivity index (χ3v) is 3.93. The zero-order valence-corrected chi connectivity index (χ0v) is 14.1. The first-order valence-electron chi connectivity index (χ1n) is 7.14. The van der Waals surface area contributed by atoms with Gasteiger partial charge in [-0.2, -0.15) is 0 Å². The van der Waals surface area contributed by atoms with Crippen molar-refractivity contribution in [3.05, 3.63) is 22.7 Å². The van der Waals surface area contributed by atoms with Crippen molar-refractivity contribution < 1.29 is 14.3 Å². The molecular weight excluding hydrogens is 327 g/mol. The summed E-state index contributed by atoms with van der Waals surface area (Å²) in [7, 11) is 1.49. The molecule has 0 spiro atoms. The van der Waals surface area contributed by atoms with Crippen LogP contribution >= 0.6 is 24.0 Å². The average molecular weight is 349 g/mol. The van der Waals surface area contributed by atoms with E-state index < -0.39 is 0 Å². The Hall–Kier alpha value is -1.17. The number of hydrogen-bond acceptors (Lipinski definition) is 4. The van der Waals surface area contributed by atoms with E-state index in [9.17, 15) is 4.79 Å². The highest BCUT2D eigenvalue weighted by Crippen LogP contribution is 2.28. The molecule has 0 saturated heterocycles. The third kappa shape index (κ3) is 4.93. The maximum Gasteiger partial charge on any atom is 0.255 e. The lowest BCUT2D eigenvalue weighted by molar-refractivity contribution is 0.0581. The Morgan fingerprint density at radius 2 is 2.09 bits per heavy atom. The molecule has 1 aromatic rings. The van der Waals surface area contributed by atoms with E-state index in [0.717, 1.165) is 12.8 Å². The quantitative estimate of drug-likeness (QED) is 0.612. The summed E-state index contributed by atoms with van der Waals surface area (Å²) in [5, 5.41) is 3.14. The number of carbonyl (C=O) groups is 1. The van der Waals surface area contributed by atoms with Crippen LogP contribution in [-0.4, -0.2) is 32.3 Å². The van der Waals surface area contributed by atoms with Crippen LogP contribution in [0.1, 0.15) is 36.0 Å². The van der Waals surface area contributed by atoms with Crippen molar-refractivity contribution in [2.24, 2.45) is 0 Å². The van der Waals surface area contributed by atoms with Gasteiger partial charge < -0.3 is 20.5 Å². The molecule has 2 rings (SSSR count). The summed E-state index contributed by atoms with van der Waals surface area (Å²) in [6.45, 7) is 0.974. The van der Waals surface area contributed by atoms with Crippen LogP contribution in [0.4, 0.5) is 5.69 Å². The molecule has 1 fully saturated rings. The Kier molecular flexibility index (Phi) is 7.79. The van der Waals surface area contributed by atoms with Gasteiger partial charge in [-0.1, -0.05) is 24.4 Å². The van der Waals surface area contributed by atoms with Gasteiger partial charge in [-0.05, 0) is 18.9 Å². The molecule has 7 heteroatoms. The molecular formula is C15H22Cl2N2O3. The monoisotopic (exact) mass is 348 g/mol. The molecule has 0 atom stereocenters. The first-order chi connectivity index (χ1) is 10.1. The second-order valence-electron chi connectivity index (χ2n) is 5.11. The smallest absolute Gasteiger partial charge is 0.255 e. The fourth-order valence-corrected chi connectivity index (χ4v) is 2.62. The van der Waals surface area contributed by atoms with Gasteiger partial charge in [-0.15, -0.1) is 12.4 Å². The highest BCUT2D eigenvalue weighted by atomic mass is 35.5. The lowest BCUT2D eigenvalue weighted by Gasteiger charge is -2.13. The van der Waals surface area contributed by atoms with E-state index >= 15 is 0 Å². The van der Waals surface area contributed by atoms with E-state index in [-0.39, 0.29) is 18.3 Å². The van der Waals surface area contributed by atoms with Gasteiger partial charge in [-0.25, -0.2) is 0 Å². The molecule has 1 saturated carbocycles. The van der Waals surface area contributed by atoms with E-state index in [4.69, 9.17) is 26.8 Å². The fraction of sp³-hybridized carbons (Fsp3) is 0.533. The molecule has 3 N–H and O–H groups in total. The van der Waals surface area contributed by atoms with Gasteiger partial charge in [0.15, 0.2) is 0 Å². The topological polar surface area (TPSA) is 73.6 Å². The number of anilines is 1. The number of amides is 1. The lowest BCUT2D eigenvalue weighted by atomic mass is 10.1. The molecule has 22 heavy (non-hydrogen) atoms. The van der Waals surface area contributed by atoms with Crippen LogP contribution in [0.5, 0.6) is 5.75 Å². The Bertz CT molecular complexity index is 506. The zero-order chi connectivity index (χ0) is 15.2. The predicted molar refractivity (Wildman–Crippen MR) is 90.2 cm³/mol. The second kappa shape index (κ2) is 9.08. The second-order valence-corrected chi connectivity index (χ2v) is 5.51. The molecule has 0 heterocycles. The van der Waals surface area contributed by atoms with Crippen molar-refractivity contribution in [2.45, 2.75) is 31.8 Å². The van der Waals surface area contributed by atoms with Gasteiger partial charge >= 0.3 is 0 Å². The standard InChI is InChI=1S/C15H21ClN2O3.ClH/c1-20-14-9-13(17)12(16)8-11(14)15(19)18-6-7-21-10-4-2-3-5-10;/h8-10H,2-7,17H2,1H3,(H,18,19);1H. The Morgan fingerprint density at radius 1 is 1.41 bits per heavy atom. The summed E-state index contributed by atoms with van der Waals surface area (Å²) in [6, 6.07) is 3.06. The van der Waals surface area contributed by atoms with Crippen molar-refractivity contribution >= 4 is 35.6 Å². The highest BCUT2D eigenvalue weighted by Gasteiger charge is 2.16. The van der Waals surface area contributed by atoms with E-state index in [1.807, 2.05) is 0 Å². The summed E-state index contributed by atoms with van der Waals surface area (Å²) >= 11 is 5.95. The van der Waals surface area contributed by atoms with E-state index in [2.05, 4.69) is 5.32 Å². The number of methoxy groups -OCH3 is 1. The third-order valence-electron chi connectivity index (χ3n) is 3.61. The largest absolute Gasteiger partial charge is 0.496 e. The first-order valence-corrected chi connectivity index (χ1v) is 7.52. The molecule has 124 valence electrons. The molecule has 0 radical (unpaired) electrons. The predicted octanol–water partition coefficient (Wildman–Crippen LogP) is 3.04. The molecule has 1 aliphatic rings. The number of benzene rings is 1. The molecule has 0 unspecified atom stereocenters. The minimum absolute atomic E-state index is 0. The van der Waals surface area contributed by atoms with Gasteiger partial charge in [0.05, 0.1) is 36.1 Å². The van der Waals surface area contributed by atoms with Crippen LogP contribution in [0.15, 0.2) is 12.1 Å². The number of nitrogen functional groups attached to an aromatic ring is 1. The van der Waals surface area contributed by atoms with E-state index in [1.165, 1.54) is 26.0 Å². The van der Waals surface area contributed by atoms with E-state index in [0.29, 0.717) is 41.3 Å². The molecule has 0 aromatic heterocycles. The zero-order valence-electron chi connectivity index (χ0n) is 12.6. The number of rotatable bonds is 6. The maximum absolute atomic E-state index is 12.1. The molecule has 1 aliphatic carbocycles.